The van der Waals surface area contributed by atoms with Gasteiger partial charge in [0.25, 0.3) is 0 Å². The molecule has 1 aromatic heterocycles. The third-order valence-electron chi connectivity index (χ3n) is 3.99. The van der Waals surface area contributed by atoms with Gasteiger partial charge in [-0.2, -0.15) is 4.98 Å². The van der Waals surface area contributed by atoms with Gasteiger partial charge in [0, 0.05) is 12.2 Å². The van der Waals surface area contributed by atoms with Crippen LogP contribution in [0.25, 0.3) is 0 Å². The minimum atomic E-state index is -0.382. The average molecular weight is 362 g/mol. The highest BCUT2D eigenvalue weighted by Crippen LogP contribution is 2.22. The number of nitrogens with one attached hydrogen (secondary N) is 2. The Morgan fingerprint density at radius 2 is 1.81 bits per heavy atom. The zero-order chi connectivity index (χ0) is 19.1. The summed E-state index contributed by atoms with van der Waals surface area (Å²) in [6, 6.07) is 19.2. The molecule has 0 spiro atoms. The molecule has 2 N–H and O–H groups in total. The van der Waals surface area contributed by atoms with Gasteiger partial charge in [0.05, 0.1) is 17.9 Å². The van der Waals surface area contributed by atoms with Gasteiger partial charge >= 0.3 is 5.97 Å². The van der Waals surface area contributed by atoms with Crippen molar-refractivity contribution in [2.24, 2.45) is 0 Å². The van der Waals surface area contributed by atoms with E-state index in [1.54, 1.807) is 31.3 Å². The maximum atomic E-state index is 12.1. The van der Waals surface area contributed by atoms with Crippen molar-refractivity contribution in [3.05, 3.63) is 78.0 Å². The van der Waals surface area contributed by atoms with Crippen LogP contribution in [0.5, 0.6) is 0 Å². The summed E-state index contributed by atoms with van der Waals surface area (Å²) in [5.74, 6) is 0.710. The second kappa shape index (κ2) is 8.80. The van der Waals surface area contributed by atoms with E-state index >= 15 is 0 Å². The molecule has 0 bridgehead atoms. The summed E-state index contributed by atoms with van der Waals surface area (Å²) in [4.78, 5) is 20.9. The predicted octanol–water partition coefficient (Wildman–Crippen LogP) is 4.57. The van der Waals surface area contributed by atoms with E-state index in [-0.39, 0.29) is 12.0 Å². The maximum Gasteiger partial charge on any atom is 0.340 e. The number of hydrogen-bond donors (Lipinski definition) is 2. The molecule has 0 fully saturated rings. The van der Waals surface area contributed by atoms with E-state index in [0.717, 1.165) is 0 Å². The van der Waals surface area contributed by atoms with Crippen LogP contribution in [0.2, 0.25) is 0 Å². The monoisotopic (exact) mass is 362 g/mol. The molecule has 1 unspecified atom stereocenters. The summed E-state index contributed by atoms with van der Waals surface area (Å²) < 4.78 is 5.10. The van der Waals surface area contributed by atoms with Crippen LogP contribution in [0.1, 0.15) is 35.8 Å². The summed E-state index contributed by atoms with van der Waals surface area (Å²) in [5.41, 5.74) is 2.21. The van der Waals surface area contributed by atoms with Crippen molar-refractivity contribution in [3.8, 4) is 0 Å². The molecule has 138 valence electrons. The van der Waals surface area contributed by atoms with Gasteiger partial charge < -0.3 is 15.4 Å². The van der Waals surface area contributed by atoms with Crippen LogP contribution in [-0.4, -0.2) is 22.5 Å². The van der Waals surface area contributed by atoms with Crippen molar-refractivity contribution >= 4 is 23.4 Å². The molecular weight excluding hydrogens is 340 g/mol. The number of carbonyl (C=O) groups excluding carboxylic acids is 1. The van der Waals surface area contributed by atoms with E-state index in [4.69, 9.17) is 4.74 Å². The molecule has 0 aliphatic rings. The van der Waals surface area contributed by atoms with Crippen LogP contribution in [0.15, 0.2) is 66.9 Å². The van der Waals surface area contributed by atoms with Gasteiger partial charge in [0.15, 0.2) is 0 Å². The molecule has 6 nitrogen and oxygen atoms in total. The number of ether oxygens (including phenoxy) is 1. The Labute approximate surface area is 158 Å². The summed E-state index contributed by atoms with van der Waals surface area (Å²) in [6.45, 7) is 4.17. The number of rotatable bonds is 7. The lowest BCUT2D eigenvalue weighted by Crippen LogP contribution is -2.10. The molecule has 0 aliphatic heterocycles. The first-order chi connectivity index (χ1) is 13.2. The highest BCUT2D eigenvalue weighted by molar-refractivity contribution is 5.96. The van der Waals surface area contributed by atoms with E-state index in [9.17, 15) is 4.79 Å². The molecule has 0 radical (unpaired) electrons. The normalized spacial score (nSPS) is 11.5. The van der Waals surface area contributed by atoms with Crippen LogP contribution in [0.3, 0.4) is 0 Å². The molecule has 0 saturated carbocycles. The van der Waals surface area contributed by atoms with Crippen molar-refractivity contribution < 1.29 is 9.53 Å². The van der Waals surface area contributed by atoms with Crippen LogP contribution < -0.4 is 10.6 Å². The Morgan fingerprint density at radius 1 is 1.07 bits per heavy atom. The van der Waals surface area contributed by atoms with E-state index in [2.05, 4.69) is 39.7 Å². The molecule has 0 amide bonds. The minimum absolute atomic E-state index is 0.0979. The van der Waals surface area contributed by atoms with Crippen molar-refractivity contribution in [2.75, 3.05) is 17.2 Å². The third-order valence-corrected chi connectivity index (χ3v) is 3.99. The van der Waals surface area contributed by atoms with Crippen LogP contribution in [0.4, 0.5) is 17.5 Å². The molecular formula is C21H22N4O2. The average Bonchev–Trinajstić information content (AvgIpc) is 2.69. The Bertz CT molecular complexity index is 899. The van der Waals surface area contributed by atoms with Crippen molar-refractivity contribution in [2.45, 2.75) is 19.9 Å². The highest BCUT2D eigenvalue weighted by atomic mass is 16.5. The number of benzene rings is 2. The lowest BCUT2D eigenvalue weighted by molar-refractivity contribution is 0.0527. The first-order valence-electron chi connectivity index (χ1n) is 8.85. The number of esters is 1. The topological polar surface area (TPSA) is 76.1 Å². The molecule has 1 heterocycles. The zero-order valence-corrected chi connectivity index (χ0v) is 15.3. The first-order valence-corrected chi connectivity index (χ1v) is 8.85. The van der Waals surface area contributed by atoms with Gasteiger partial charge in [-0.15, -0.1) is 0 Å². The van der Waals surface area contributed by atoms with Crippen molar-refractivity contribution in [3.63, 3.8) is 0 Å². The number of aromatic nitrogens is 2. The predicted molar refractivity (Wildman–Crippen MR) is 106 cm³/mol. The van der Waals surface area contributed by atoms with E-state index < -0.39 is 0 Å². The smallest absolute Gasteiger partial charge is 0.340 e. The molecule has 6 heteroatoms. The van der Waals surface area contributed by atoms with Crippen LogP contribution in [-0.2, 0) is 4.74 Å². The molecule has 0 saturated heterocycles. The SMILES string of the molecule is CCOC(=O)c1ccccc1Nc1nccc(NC(C)c2ccccc2)n1. The molecule has 3 aromatic rings. The van der Waals surface area contributed by atoms with Crippen LogP contribution in [0, 0.1) is 0 Å². The van der Waals surface area contributed by atoms with E-state index in [1.807, 2.05) is 30.3 Å². The number of para-hydroxylation sites is 1. The van der Waals surface area contributed by atoms with Gasteiger partial charge in [0.2, 0.25) is 5.95 Å². The Morgan fingerprint density at radius 3 is 2.59 bits per heavy atom. The fourth-order valence-corrected chi connectivity index (χ4v) is 2.65. The van der Waals surface area contributed by atoms with Crippen LogP contribution >= 0.6 is 0 Å². The molecule has 3 rings (SSSR count). The van der Waals surface area contributed by atoms with Gasteiger partial charge in [-0.05, 0) is 37.6 Å². The van der Waals surface area contributed by atoms with Gasteiger partial charge in [-0.1, -0.05) is 42.5 Å². The summed E-state index contributed by atoms with van der Waals surface area (Å²) >= 11 is 0. The Balaban J connectivity index is 1.76. The number of anilines is 3. The molecule has 2 aromatic carbocycles. The fourth-order valence-electron chi connectivity index (χ4n) is 2.65. The second-order valence-corrected chi connectivity index (χ2v) is 5.93. The van der Waals surface area contributed by atoms with Gasteiger partial charge in [-0.25, -0.2) is 9.78 Å². The highest BCUT2D eigenvalue weighted by Gasteiger charge is 2.13. The Hall–Kier alpha value is -3.41. The van der Waals surface area contributed by atoms with E-state index in [0.29, 0.717) is 29.6 Å². The second-order valence-electron chi connectivity index (χ2n) is 5.93. The lowest BCUT2D eigenvalue weighted by Gasteiger charge is -2.16. The van der Waals surface area contributed by atoms with Gasteiger partial charge in [-0.3, -0.25) is 0 Å². The van der Waals surface area contributed by atoms with Crippen molar-refractivity contribution in [1.29, 1.82) is 0 Å². The zero-order valence-electron chi connectivity index (χ0n) is 15.3. The number of hydrogen-bond acceptors (Lipinski definition) is 6. The third kappa shape index (κ3) is 4.82. The molecule has 0 aliphatic carbocycles. The minimum Gasteiger partial charge on any atom is -0.462 e. The summed E-state index contributed by atoms with van der Waals surface area (Å²) in [6.07, 6.45) is 1.67. The molecule has 1 atom stereocenters. The fraction of sp³-hybridized carbons (Fsp3) is 0.190. The Kier molecular flexibility index (Phi) is 5.99. The molecule has 27 heavy (non-hydrogen) atoms. The van der Waals surface area contributed by atoms with Crippen molar-refractivity contribution in [1.82, 2.24) is 9.97 Å². The maximum absolute atomic E-state index is 12.1. The quantitative estimate of drug-likeness (QED) is 0.600. The largest absolute Gasteiger partial charge is 0.462 e. The van der Waals surface area contributed by atoms with E-state index in [1.165, 1.54) is 5.56 Å². The summed E-state index contributed by atoms with van der Waals surface area (Å²) in [7, 11) is 0. The standard InChI is InChI=1S/C21H22N4O2/c1-3-27-20(26)17-11-7-8-12-18(17)24-21-22-14-13-19(25-21)23-15(2)16-9-5-4-6-10-16/h4-15H,3H2,1-2H3,(H2,22,23,24,25). The summed E-state index contributed by atoms with van der Waals surface area (Å²) in [5, 5.41) is 6.46. The lowest BCUT2D eigenvalue weighted by atomic mass is 10.1. The van der Waals surface area contributed by atoms with Gasteiger partial charge in [0.1, 0.15) is 5.82 Å². The number of nitrogens with zero attached hydrogens (tertiary/aromatic N) is 2. The number of carbonyl (C=O) groups is 1. The first kappa shape index (κ1) is 18.4.